The van der Waals surface area contributed by atoms with E-state index in [9.17, 15) is 0 Å². The molecule has 0 radical (unpaired) electrons. The summed E-state index contributed by atoms with van der Waals surface area (Å²) in [5.74, 6) is 2.30. The summed E-state index contributed by atoms with van der Waals surface area (Å²) in [6.07, 6.45) is 0.820. The third kappa shape index (κ3) is 2.83. The van der Waals surface area contributed by atoms with Crippen molar-refractivity contribution in [3.63, 3.8) is 0 Å². The topological polar surface area (TPSA) is 17.8 Å². The lowest BCUT2D eigenvalue weighted by Crippen LogP contribution is -2.09. The van der Waals surface area contributed by atoms with Gasteiger partial charge in [0.15, 0.2) is 0 Å². The summed E-state index contributed by atoms with van der Waals surface area (Å²) in [6, 6.07) is 6.20. The smallest absolute Gasteiger partial charge is 0.111 e. The minimum Gasteiger partial charge on any atom is -0.328 e. The number of alkyl halides is 1. The van der Waals surface area contributed by atoms with E-state index in [0.29, 0.717) is 11.8 Å². The van der Waals surface area contributed by atoms with Crippen molar-refractivity contribution < 1.29 is 0 Å². The molecule has 0 spiro atoms. The fraction of sp³-hybridized carbons (Fsp3) is 0.462. The van der Waals surface area contributed by atoms with Gasteiger partial charge in [0.25, 0.3) is 0 Å². The summed E-state index contributed by atoms with van der Waals surface area (Å²) in [5.41, 5.74) is 2.24. The van der Waals surface area contributed by atoms with Gasteiger partial charge in [-0.2, -0.15) is 0 Å². The first-order chi connectivity index (χ1) is 8.11. The van der Waals surface area contributed by atoms with Gasteiger partial charge in [0.05, 0.1) is 11.0 Å². The molecule has 0 N–H and O–H groups in total. The molecule has 0 bridgehead atoms. The lowest BCUT2D eigenvalue weighted by molar-refractivity contribution is 0.519. The Morgan fingerprint density at radius 3 is 2.82 bits per heavy atom. The number of imidazole rings is 1. The Labute approximate surface area is 115 Å². The molecule has 2 rings (SSSR count). The Hall–Kier alpha value is -0.540. The summed E-state index contributed by atoms with van der Waals surface area (Å²) in [7, 11) is 0. The number of aryl methyl sites for hydroxylation is 1. The van der Waals surface area contributed by atoms with Crippen LogP contribution in [0.2, 0.25) is 0 Å². The molecular weight excluding hydrogens is 300 g/mol. The number of nitrogens with zero attached hydrogens (tertiary/aromatic N) is 2. The molecule has 0 saturated carbocycles. The highest BCUT2D eigenvalue weighted by Gasteiger charge is 2.11. The van der Waals surface area contributed by atoms with Crippen LogP contribution in [0.1, 0.15) is 19.7 Å². The van der Waals surface area contributed by atoms with Crippen LogP contribution in [0.4, 0.5) is 0 Å². The summed E-state index contributed by atoms with van der Waals surface area (Å²) in [6.45, 7) is 5.42. The van der Waals surface area contributed by atoms with Gasteiger partial charge in [-0.05, 0) is 24.1 Å². The van der Waals surface area contributed by atoms with Crippen molar-refractivity contribution in [2.45, 2.75) is 26.8 Å². The van der Waals surface area contributed by atoms with E-state index in [1.165, 1.54) is 5.52 Å². The van der Waals surface area contributed by atoms with Gasteiger partial charge in [0.1, 0.15) is 5.82 Å². The van der Waals surface area contributed by atoms with Crippen molar-refractivity contribution in [2.24, 2.45) is 5.92 Å². The number of hydrogen-bond donors (Lipinski definition) is 0. The Bertz CT molecular complexity index is 519. The highest BCUT2D eigenvalue weighted by atomic mass is 79.9. The molecule has 92 valence electrons. The molecule has 0 atom stereocenters. The van der Waals surface area contributed by atoms with Crippen LogP contribution >= 0.6 is 27.5 Å². The van der Waals surface area contributed by atoms with Crippen LogP contribution in [0.15, 0.2) is 22.7 Å². The zero-order valence-electron chi connectivity index (χ0n) is 10.1. The molecule has 0 amide bonds. The van der Waals surface area contributed by atoms with Crippen LogP contribution in [-0.4, -0.2) is 15.4 Å². The summed E-state index contributed by atoms with van der Waals surface area (Å²) < 4.78 is 3.37. The van der Waals surface area contributed by atoms with Crippen LogP contribution in [-0.2, 0) is 13.0 Å². The average molecular weight is 316 g/mol. The molecule has 1 heterocycles. The highest BCUT2D eigenvalue weighted by molar-refractivity contribution is 9.10. The number of halogens is 2. The second-order valence-electron chi connectivity index (χ2n) is 4.60. The summed E-state index contributed by atoms with van der Waals surface area (Å²) >= 11 is 9.35. The summed E-state index contributed by atoms with van der Waals surface area (Å²) in [4.78, 5) is 4.65. The Morgan fingerprint density at radius 1 is 1.41 bits per heavy atom. The first-order valence-corrected chi connectivity index (χ1v) is 7.15. The molecule has 1 aromatic heterocycles. The lowest BCUT2D eigenvalue weighted by atomic mass is 10.2. The SMILES string of the molecule is CC(C)Cn1c(CCCl)nc2ccc(Br)cc21. The van der Waals surface area contributed by atoms with Gasteiger partial charge < -0.3 is 4.57 Å². The predicted molar refractivity (Wildman–Crippen MR) is 76.7 cm³/mol. The lowest BCUT2D eigenvalue weighted by Gasteiger charge is -2.11. The minimum atomic E-state index is 0.598. The maximum atomic E-state index is 5.84. The van der Waals surface area contributed by atoms with Gasteiger partial charge in [-0.15, -0.1) is 11.6 Å². The summed E-state index contributed by atoms with van der Waals surface area (Å²) in [5, 5.41) is 0. The van der Waals surface area contributed by atoms with E-state index in [2.05, 4.69) is 45.4 Å². The second kappa shape index (κ2) is 5.40. The Kier molecular flexibility index (Phi) is 4.10. The third-order valence-electron chi connectivity index (χ3n) is 2.66. The quantitative estimate of drug-likeness (QED) is 0.772. The number of rotatable bonds is 4. The maximum Gasteiger partial charge on any atom is 0.111 e. The van der Waals surface area contributed by atoms with Gasteiger partial charge >= 0.3 is 0 Å². The first kappa shape index (κ1) is 12.9. The molecule has 0 unspecified atom stereocenters. The standard InChI is InChI=1S/C13H16BrClN2/c1-9(2)8-17-12-7-10(14)3-4-11(12)16-13(17)5-6-15/h3-4,7,9H,5-6,8H2,1-2H3. The van der Waals surface area contributed by atoms with Crippen LogP contribution in [0, 0.1) is 5.92 Å². The van der Waals surface area contributed by atoms with Crippen molar-refractivity contribution in [3.05, 3.63) is 28.5 Å². The minimum absolute atomic E-state index is 0.598. The predicted octanol–water partition coefficient (Wildman–Crippen LogP) is 4.24. The molecule has 1 aromatic carbocycles. The third-order valence-corrected chi connectivity index (χ3v) is 3.34. The van der Waals surface area contributed by atoms with Gasteiger partial charge in [-0.25, -0.2) is 4.98 Å². The highest BCUT2D eigenvalue weighted by Crippen LogP contribution is 2.22. The van der Waals surface area contributed by atoms with Gasteiger partial charge in [0, 0.05) is 23.3 Å². The molecule has 0 aliphatic rings. The van der Waals surface area contributed by atoms with Crippen molar-refractivity contribution in [1.29, 1.82) is 0 Å². The van der Waals surface area contributed by atoms with Crippen molar-refractivity contribution >= 4 is 38.6 Å². The monoisotopic (exact) mass is 314 g/mol. The van der Waals surface area contributed by atoms with E-state index in [0.717, 1.165) is 28.8 Å². The van der Waals surface area contributed by atoms with Crippen LogP contribution < -0.4 is 0 Å². The Morgan fingerprint density at radius 2 is 2.18 bits per heavy atom. The van der Waals surface area contributed by atoms with E-state index in [1.807, 2.05) is 12.1 Å². The average Bonchev–Trinajstić information content (AvgIpc) is 2.57. The van der Waals surface area contributed by atoms with Gasteiger partial charge in [0.2, 0.25) is 0 Å². The van der Waals surface area contributed by atoms with Crippen molar-refractivity contribution in [3.8, 4) is 0 Å². The van der Waals surface area contributed by atoms with Gasteiger partial charge in [-0.3, -0.25) is 0 Å². The molecule has 2 aromatic rings. The Balaban J connectivity index is 2.55. The normalized spacial score (nSPS) is 11.6. The number of aromatic nitrogens is 2. The molecule has 0 aliphatic carbocycles. The molecule has 0 aliphatic heterocycles. The fourth-order valence-corrected chi connectivity index (χ4v) is 2.51. The first-order valence-electron chi connectivity index (χ1n) is 5.82. The molecule has 17 heavy (non-hydrogen) atoms. The molecule has 4 heteroatoms. The van der Waals surface area contributed by atoms with Crippen molar-refractivity contribution in [1.82, 2.24) is 9.55 Å². The van der Waals surface area contributed by atoms with E-state index in [1.54, 1.807) is 0 Å². The zero-order chi connectivity index (χ0) is 12.4. The largest absolute Gasteiger partial charge is 0.328 e. The zero-order valence-corrected chi connectivity index (χ0v) is 12.4. The van der Waals surface area contributed by atoms with E-state index < -0.39 is 0 Å². The van der Waals surface area contributed by atoms with Crippen LogP contribution in [0.25, 0.3) is 11.0 Å². The second-order valence-corrected chi connectivity index (χ2v) is 5.90. The number of hydrogen-bond acceptors (Lipinski definition) is 1. The number of benzene rings is 1. The molecular formula is C13H16BrClN2. The van der Waals surface area contributed by atoms with Gasteiger partial charge in [-0.1, -0.05) is 29.8 Å². The van der Waals surface area contributed by atoms with E-state index >= 15 is 0 Å². The molecule has 2 nitrogen and oxygen atoms in total. The molecule has 0 saturated heterocycles. The van der Waals surface area contributed by atoms with E-state index in [4.69, 9.17) is 11.6 Å². The number of fused-ring (bicyclic) bond motifs is 1. The van der Waals surface area contributed by atoms with Crippen LogP contribution in [0.3, 0.4) is 0 Å². The molecule has 0 fully saturated rings. The van der Waals surface area contributed by atoms with Crippen LogP contribution in [0.5, 0.6) is 0 Å². The fourth-order valence-electron chi connectivity index (χ4n) is 1.99. The van der Waals surface area contributed by atoms with E-state index in [-0.39, 0.29) is 0 Å². The maximum absolute atomic E-state index is 5.84. The van der Waals surface area contributed by atoms with Crippen molar-refractivity contribution in [2.75, 3.05) is 5.88 Å².